The Bertz CT molecular complexity index is 1270. The molecule has 182 valence electrons. The molecule has 1 aliphatic rings. The van der Waals surface area contributed by atoms with Gasteiger partial charge >= 0.3 is 0 Å². The fourth-order valence-corrected chi connectivity index (χ4v) is 5.27. The van der Waals surface area contributed by atoms with Gasteiger partial charge in [-0.1, -0.05) is 6.07 Å². The lowest BCUT2D eigenvalue weighted by molar-refractivity contribution is -0.134. The van der Waals surface area contributed by atoms with Crippen molar-refractivity contribution in [3.63, 3.8) is 0 Å². The van der Waals surface area contributed by atoms with Crippen molar-refractivity contribution < 1.29 is 19.0 Å². The maximum atomic E-state index is 10.2. The fraction of sp³-hybridized carbons (Fsp3) is 0.333. The summed E-state index contributed by atoms with van der Waals surface area (Å²) in [5.74, 6) is 1.20. The number of thiophene rings is 1. The first-order valence-electron chi connectivity index (χ1n) is 12.0. The van der Waals surface area contributed by atoms with E-state index in [0.717, 1.165) is 62.2 Å². The van der Waals surface area contributed by atoms with E-state index in [1.807, 2.05) is 35.6 Å². The van der Waals surface area contributed by atoms with Gasteiger partial charge in [0.15, 0.2) is 0 Å². The molecule has 1 fully saturated rings. The monoisotopic (exact) mass is 491 g/mol. The Morgan fingerprint density at radius 3 is 2.74 bits per heavy atom. The van der Waals surface area contributed by atoms with Gasteiger partial charge in [0.2, 0.25) is 12.7 Å². The number of hydrogen-bond donors (Lipinski definition) is 0. The number of fused-ring (bicyclic) bond motifs is 2. The van der Waals surface area contributed by atoms with E-state index in [1.54, 1.807) is 6.07 Å². The van der Waals surface area contributed by atoms with Crippen LogP contribution in [0.1, 0.15) is 12.8 Å². The molecule has 0 aliphatic carbocycles. The van der Waals surface area contributed by atoms with Gasteiger partial charge in [-0.2, -0.15) is 0 Å². The topological polar surface area (TPSA) is 64.1 Å². The first-order valence-corrected chi connectivity index (χ1v) is 12.8. The first-order chi connectivity index (χ1) is 17.3. The second kappa shape index (κ2) is 11.4. The molecule has 35 heavy (non-hydrogen) atoms. The summed E-state index contributed by atoms with van der Waals surface area (Å²) in [6.07, 6.45) is 2.12. The van der Waals surface area contributed by atoms with E-state index in [4.69, 9.17) is 9.47 Å². The van der Waals surface area contributed by atoms with E-state index in [1.165, 1.54) is 15.8 Å². The number of aromatic nitrogens is 1. The van der Waals surface area contributed by atoms with Crippen LogP contribution in [0.2, 0.25) is 0 Å². The Morgan fingerprint density at radius 2 is 1.86 bits per heavy atom. The highest BCUT2D eigenvalue weighted by atomic mass is 32.1. The number of carbonyl (C=O) groups excluding carboxylic acids is 1. The van der Waals surface area contributed by atoms with Gasteiger partial charge in [-0.05, 0) is 61.2 Å². The van der Waals surface area contributed by atoms with Crippen molar-refractivity contribution in [2.75, 3.05) is 51.0 Å². The van der Waals surface area contributed by atoms with Crippen LogP contribution in [-0.4, -0.2) is 62.5 Å². The number of anilines is 1. The number of piperazine rings is 1. The van der Waals surface area contributed by atoms with Crippen LogP contribution in [0.3, 0.4) is 0 Å². The van der Waals surface area contributed by atoms with Crippen molar-refractivity contribution in [2.24, 2.45) is 0 Å². The lowest BCUT2D eigenvalue weighted by atomic mass is 10.2. The van der Waals surface area contributed by atoms with E-state index < -0.39 is 0 Å². The third kappa shape index (κ3) is 5.83. The van der Waals surface area contributed by atoms with Gasteiger partial charge in [0, 0.05) is 59.5 Å². The Morgan fingerprint density at radius 1 is 0.971 bits per heavy atom. The minimum atomic E-state index is -0.155. The van der Waals surface area contributed by atoms with Crippen LogP contribution < -0.4 is 14.4 Å². The predicted molar refractivity (Wildman–Crippen MR) is 140 cm³/mol. The number of benzene rings is 2. The minimum absolute atomic E-state index is 0.155. The molecule has 1 aliphatic heterocycles. The molecular formula is C27H29N3O4S. The lowest BCUT2D eigenvalue weighted by Gasteiger charge is -2.36. The molecule has 0 radical (unpaired) electrons. The molecule has 0 saturated carbocycles. The van der Waals surface area contributed by atoms with Crippen molar-refractivity contribution >= 4 is 44.5 Å². The lowest BCUT2D eigenvalue weighted by Crippen LogP contribution is -2.46. The number of carbonyl (C=O) groups is 1. The molecule has 3 heterocycles. The molecular weight excluding hydrogens is 462 g/mol. The van der Waals surface area contributed by atoms with E-state index >= 15 is 0 Å². The number of ether oxygens (including phenoxy) is 3. The zero-order valence-corrected chi connectivity index (χ0v) is 20.4. The number of nitrogens with zero attached hydrogens (tertiary/aromatic N) is 3. The van der Waals surface area contributed by atoms with Crippen LogP contribution >= 0.6 is 11.3 Å². The zero-order valence-electron chi connectivity index (χ0n) is 19.6. The summed E-state index contributed by atoms with van der Waals surface area (Å²) in [6, 6.07) is 18.4. The largest absolute Gasteiger partial charge is 0.494 e. The summed E-state index contributed by atoms with van der Waals surface area (Å²) in [7, 11) is 0. The molecule has 0 atom stereocenters. The molecule has 1 saturated heterocycles. The summed E-state index contributed by atoms with van der Waals surface area (Å²) in [6.45, 7) is 6.31. The number of rotatable bonds is 11. The average molecular weight is 492 g/mol. The van der Waals surface area contributed by atoms with E-state index in [9.17, 15) is 4.79 Å². The summed E-state index contributed by atoms with van der Waals surface area (Å²) in [4.78, 5) is 19.8. The zero-order chi connectivity index (χ0) is 23.9. The molecule has 4 aromatic rings. The van der Waals surface area contributed by atoms with Gasteiger partial charge in [-0.25, -0.2) is 4.98 Å². The van der Waals surface area contributed by atoms with Crippen molar-refractivity contribution in [1.82, 2.24) is 9.88 Å². The number of hydrogen-bond acceptors (Lipinski definition) is 8. The van der Waals surface area contributed by atoms with Gasteiger partial charge in [-0.15, -0.1) is 11.3 Å². The molecule has 7 nitrogen and oxygen atoms in total. The average Bonchev–Trinajstić information content (AvgIpc) is 3.38. The van der Waals surface area contributed by atoms with Gasteiger partial charge in [0.25, 0.3) is 6.47 Å². The van der Waals surface area contributed by atoms with Crippen molar-refractivity contribution in [3.05, 3.63) is 60.0 Å². The van der Waals surface area contributed by atoms with Gasteiger partial charge in [-0.3, -0.25) is 9.69 Å². The van der Waals surface area contributed by atoms with E-state index in [2.05, 4.69) is 49.2 Å². The van der Waals surface area contributed by atoms with Gasteiger partial charge in [0.05, 0.1) is 12.1 Å². The van der Waals surface area contributed by atoms with Crippen LogP contribution in [0.25, 0.3) is 21.0 Å². The van der Waals surface area contributed by atoms with Crippen molar-refractivity contribution in [3.8, 4) is 11.6 Å². The first kappa shape index (κ1) is 23.4. The predicted octanol–water partition coefficient (Wildman–Crippen LogP) is 4.94. The SMILES string of the molecule is O=COCOc1ccc2ccc(OCCCCN3CCN(c4cccc5sccc45)CC3)cc2n1. The van der Waals surface area contributed by atoms with Crippen molar-refractivity contribution in [1.29, 1.82) is 0 Å². The maximum absolute atomic E-state index is 10.2. The molecule has 0 spiro atoms. The second-order valence-electron chi connectivity index (χ2n) is 8.52. The molecule has 0 N–H and O–H groups in total. The van der Waals surface area contributed by atoms with Crippen LogP contribution in [0.15, 0.2) is 60.0 Å². The minimum Gasteiger partial charge on any atom is -0.494 e. The molecule has 2 aromatic heterocycles. The summed E-state index contributed by atoms with van der Waals surface area (Å²) in [5, 5.41) is 4.55. The maximum Gasteiger partial charge on any atom is 0.295 e. The van der Waals surface area contributed by atoms with Crippen LogP contribution in [0.4, 0.5) is 5.69 Å². The molecule has 2 aromatic carbocycles. The van der Waals surface area contributed by atoms with Crippen LogP contribution in [0, 0.1) is 0 Å². The second-order valence-corrected chi connectivity index (χ2v) is 9.47. The van der Waals surface area contributed by atoms with Crippen molar-refractivity contribution in [2.45, 2.75) is 12.8 Å². The Kier molecular flexibility index (Phi) is 7.60. The number of unbranched alkanes of at least 4 members (excludes halogenated alkanes) is 1. The highest BCUT2D eigenvalue weighted by Gasteiger charge is 2.18. The summed E-state index contributed by atoms with van der Waals surface area (Å²) >= 11 is 1.81. The summed E-state index contributed by atoms with van der Waals surface area (Å²) in [5.41, 5.74) is 2.15. The third-order valence-electron chi connectivity index (χ3n) is 6.30. The van der Waals surface area contributed by atoms with Crippen LogP contribution in [0.5, 0.6) is 11.6 Å². The Balaban J connectivity index is 1.04. The van der Waals surface area contributed by atoms with Gasteiger partial charge in [0.1, 0.15) is 5.75 Å². The van der Waals surface area contributed by atoms with Gasteiger partial charge < -0.3 is 19.1 Å². The van der Waals surface area contributed by atoms with Crippen LogP contribution in [-0.2, 0) is 9.53 Å². The highest BCUT2D eigenvalue weighted by molar-refractivity contribution is 7.17. The quantitative estimate of drug-likeness (QED) is 0.167. The Labute approximate surface area is 208 Å². The molecule has 0 unspecified atom stereocenters. The molecule has 5 rings (SSSR count). The van der Waals surface area contributed by atoms with E-state index in [0.29, 0.717) is 19.0 Å². The third-order valence-corrected chi connectivity index (χ3v) is 7.19. The summed E-state index contributed by atoms with van der Waals surface area (Å²) < 4.78 is 17.2. The highest BCUT2D eigenvalue weighted by Crippen LogP contribution is 2.31. The smallest absolute Gasteiger partial charge is 0.295 e. The molecule has 8 heteroatoms. The number of pyridine rings is 1. The standard InChI is InChI=1S/C27H29N3O4S/c31-19-32-20-34-27-9-7-21-6-8-22(18-24(21)28-27)33-16-2-1-11-29-12-14-30(15-13-29)25-4-3-5-26-23(25)10-17-35-26/h3-10,17-19H,1-2,11-16,20H2. The molecule has 0 amide bonds. The normalized spacial score (nSPS) is 14.3. The Hall–Kier alpha value is -3.36. The molecule has 0 bridgehead atoms. The fourth-order valence-electron chi connectivity index (χ4n) is 4.46. The van der Waals surface area contributed by atoms with E-state index in [-0.39, 0.29) is 6.79 Å².